The van der Waals surface area contributed by atoms with Crippen LogP contribution in [-0.2, 0) is 13.1 Å². The number of halogens is 1. The Hall–Kier alpha value is -1.98. The molecule has 0 bridgehead atoms. The van der Waals surface area contributed by atoms with E-state index in [9.17, 15) is 9.90 Å². The Balaban J connectivity index is 0.00000192. The molecule has 1 aliphatic carbocycles. The fraction of sp³-hybridized carbons (Fsp3) is 0.353. The molecule has 3 rings (SSSR count). The van der Waals surface area contributed by atoms with Crippen LogP contribution in [0.4, 0.5) is 0 Å². The molecule has 0 spiro atoms. The molecule has 2 aromatic rings. The van der Waals surface area contributed by atoms with Gasteiger partial charge >= 0.3 is 0 Å². The molecule has 0 saturated heterocycles. The summed E-state index contributed by atoms with van der Waals surface area (Å²) in [6, 6.07) is 8.71. The molecule has 1 heterocycles. The van der Waals surface area contributed by atoms with E-state index in [1.807, 2.05) is 11.0 Å². The summed E-state index contributed by atoms with van der Waals surface area (Å²) in [4.78, 5) is 14.5. The lowest BCUT2D eigenvalue weighted by molar-refractivity contribution is 0.0734. The third-order valence-corrected chi connectivity index (χ3v) is 3.85. The summed E-state index contributed by atoms with van der Waals surface area (Å²) in [6.07, 6.45) is 3.80. The van der Waals surface area contributed by atoms with Crippen molar-refractivity contribution < 1.29 is 14.3 Å². The number of furan rings is 1. The fourth-order valence-electron chi connectivity index (χ4n) is 2.49. The standard InChI is InChI=1S/C17H20N2O3.ClH/c18-8-16-7-14(11-22-16)17(21)19(9-12-4-5-12)10-13-2-1-3-15(20)6-13;/h1-3,6-7,11-12,20H,4-5,8-10,18H2;1H. The average molecular weight is 337 g/mol. The van der Waals surface area contributed by atoms with Crippen LogP contribution < -0.4 is 5.73 Å². The van der Waals surface area contributed by atoms with E-state index in [0.717, 1.165) is 12.1 Å². The fourth-order valence-corrected chi connectivity index (χ4v) is 2.49. The Kier molecular flexibility index (Phi) is 5.69. The van der Waals surface area contributed by atoms with Crippen LogP contribution in [0.1, 0.15) is 34.5 Å². The summed E-state index contributed by atoms with van der Waals surface area (Å²) in [7, 11) is 0. The number of phenols is 1. The van der Waals surface area contributed by atoms with Crippen molar-refractivity contribution in [1.29, 1.82) is 0 Å². The van der Waals surface area contributed by atoms with Crippen LogP contribution in [0.3, 0.4) is 0 Å². The number of carbonyl (C=O) groups is 1. The van der Waals surface area contributed by atoms with E-state index >= 15 is 0 Å². The number of rotatable bonds is 6. The molecule has 1 amide bonds. The number of aromatic hydroxyl groups is 1. The van der Waals surface area contributed by atoms with Gasteiger partial charge in [-0.1, -0.05) is 12.1 Å². The third kappa shape index (κ3) is 4.50. The van der Waals surface area contributed by atoms with Gasteiger partial charge < -0.3 is 20.2 Å². The molecule has 0 atom stereocenters. The molecular weight excluding hydrogens is 316 g/mol. The summed E-state index contributed by atoms with van der Waals surface area (Å²) in [6.45, 7) is 1.49. The van der Waals surface area contributed by atoms with Crippen LogP contribution in [0.15, 0.2) is 41.0 Å². The predicted molar refractivity (Wildman–Crippen MR) is 89.4 cm³/mol. The smallest absolute Gasteiger partial charge is 0.257 e. The summed E-state index contributed by atoms with van der Waals surface area (Å²) in [5.41, 5.74) is 6.97. The lowest BCUT2D eigenvalue weighted by Gasteiger charge is -2.22. The van der Waals surface area contributed by atoms with Crippen molar-refractivity contribution in [1.82, 2.24) is 4.90 Å². The molecule has 0 aliphatic heterocycles. The van der Waals surface area contributed by atoms with Crippen LogP contribution in [0.2, 0.25) is 0 Å². The summed E-state index contributed by atoms with van der Waals surface area (Å²) in [5.74, 6) is 1.35. The first-order valence-electron chi connectivity index (χ1n) is 7.50. The van der Waals surface area contributed by atoms with Crippen LogP contribution >= 0.6 is 12.4 Å². The van der Waals surface area contributed by atoms with Gasteiger partial charge in [-0.25, -0.2) is 0 Å². The van der Waals surface area contributed by atoms with E-state index in [0.29, 0.717) is 23.8 Å². The van der Waals surface area contributed by atoms with Crippen LogP contribution in [0, 0.1) is 5.92 Å². The Morgan fingerprint density at radius 1 is 1.35 bits per heavy atom. The molecule has 1 saturated carbocycles. The first-order chi connectivity index (χ1) is 10.7. The number of hydrogen-bond acceptors (Lipinski definition) is 4. The molecule has 1 aromatic heterocycles. The summed E-state index contributed by atoms with van der Waals surface area (Å²) in [5, 5.41) is 9.58. The molecule has 23 heavy (non-hydrogen) atoms. The Bertz CT molecular complexity index is 667. The number of benzene rings is 1. The predicted octanol–water partition coefficient (Wildman–Crippen LogP) is 2.92. The minimum atomic E-state index is -0.0568. The maximum atomic E-state index is 12.7. The SMILES string of the molecule is Cl.NCc1cc(C(=O)N(Cc2cccc(O)c2)CC2CC2)co1. The van der Waals surface area contributed by atoms with Crippen molar-refractivity contribution >= 4 is 18.3 Å². The summed E-state index contributed by atoms with van der Waals surface area (Å²) >= 11 is 0. The number of carbonyl (C=O) groups excluding carboxylic acids is 1. The van der Waals surface area contributed by atoms with E-state index in [1.54, 1.807) is 24.3 Å². The minimum Gasteiger partial charge on any atom is -0.508 e. The highest BCUT2D eigenvalue weighted by Gasteiger charge is 2.28. The van der Waals surface area contributed by atoms with Crippen LogP contribution in [0.25, 0.3) is 0 Å². The lowest BCUT2D eigenvalue weighted by atomic mass is 10.1. The van der Waals surface area contributed by atoms with Crippen molar-refractivity contribution in [2.75, 3.05) is 6.54 Å². The van der Waals surface area contributed by atoms with Gasteiger partial charge in [0.25, 0.3) is 5.91 Å². The van der Waals surface area contributed by atoms with Gasteiger partial charge in [0.2, 0.25) is 0 Å². The molecule has 0 unspecified atom stereocenters. The van der Waals surface area contributed by atoms with Crippen molar-refractivity contribution in [3.8, 4) is 5.75 Å². The molecule has 0 radical (unpaired) electrons. The second kappa shape index (κ2) is 7.53. The number of phenolic OH excluding ortho intramolecular Hbond substituents is 1. The average Bonchev–Trinajstić information content (AvgIpc) is 3.19. The van der Waals surface area contributed by atoms with Gasteiger partial charge in [-0.05, 0) is 42.5 Å². The Morgan fingerprint density at radius 3 is 2.74 bits per heavy atom. The monoisotopic (exact) mass is 336 g/mol. The normalized spacial score (nSPS) is 13.4. The number of hydrogen-bond donors (Lipinski definition) is 2. The Labute approximate surface area is 141 Å². The number of nitrogens with two attached hydrogens (primary N) is 1. The molecule has 1 aromatic carbocycles. The first-order valence-corrected chi connectivity index (χ1v) is 7.50. The second-order valence-corrected chi connectivity index (χ2v) is 5.80. The van der Waals surface area contributed by atoms with E-state index < -0.39 is 0 Å². The van der Waals surface area contributed by atoms with Gasteiger partial charge in [0.15, 0.2) is 0 Å². The van der Waals surface area contributed by atoms with Gasteiger partial charge in [0.1, 0.15) is 17.8 Å². The summed E-state index contributed by atoms with van der Waals surface area (Å²) < 4.78 is 5.26. The van der Waals surface area contributed by atoms with Gasteiger partial charge in [0.05, 0.1) is 12.1 Å². The lowest BCUT2D eigenvalue weighted by Crippen LogP contribution is -2.32. The molecule has 6 heteroatoms. The third-order valence-electron chi connectivity index (χ3n) is 3.85. The van der Waals surface area contributed by atoms with E-state index in [2.05, 4.69) is 0 Å². The number of nitrogens with zero attached hydrogens (tertiary/aromatic N) is 1. The van der Waals surface area contributed by atoms with E-state index in [-0.39, 0.29) is 30.6 Å². The highest BCUT2D eigenvalue weighted by atomic mass is 35.5. The highest BCUT2D eigenvalue weighted by Crippen LogP contribution is 2.31. The molecule has 124 valence electrons. The highest BCUT2D eigenvalue weighted by molar-refractivity contribution is 5.94. The van der Waals surface area contributed by atoms with Gasteiger partial charge in [-0.2, -0.15) is 0 Å². The number of amides is 1. The first kappa shape index (κ1) is 17.4. The zero-order valence-corrected chi connectivity index (χ0v) is 13.6. The molecule has 5 nitrogen and oxygen atoms in total. The minimum absolute atomic E-state index is 0. The van der Waals surface area contributed by atoms with Crippen LogP contribution in [0.5, 0.6) is 5.75 Å². The van der Waals surface area contributed by atoms with Crippen molar-refractivity contribution in [3.63, 3.8) is 0 Å². The van der Waals surface area contributed by atoms with Crippen molar-refractivity contribution in [2.45, 2.75) is 25.9 Å². The van der Waals surface area contributed by atoms with Crippen molar-refractivity contribution in [2.24, 2.45) is 11.7 Å². The maximum absolute atomic E-state index is 12.7. The maximum Gasteiger partial charge on any atom is 0.257 e. The van der Waals surface area contributed by atoms with Gasteiger partial charge in [-0.15, -0.1) is 12.4 Å². The van der Waals surface area contributed by atoms with Crippen LogP contribution in [-0.4, -0.2) is 22.5 Å². The van der Waals surface area contributed by atoms with Gasteiger partial charge in [0, 0.05) is 13.1 Å². The Morgan fingerprint density at radius 2 is 2.13 bits per heavy atom. The molecule has 1 fully saturated rings. The largest absolute Gasteiger partial charge is 0.508 e. The molecule has 1 aliphatic rings. The van der Waals surface area contributed by atoms with E-state index in [4.69, 9.17) is 10.2 Å². The zero-order chi connectivity index (χ0) is 15.5. The molecular formula is C17H21ClN2O3. The topological polar surface area (TPSA) is 79.7 Å². The van der Waals surface area contributed by atoms with E-state index in [1.165, 1.54) is 19.1 Å². The zero-order valence-electron chi connectivity index (χ0n) is 12.8. The molecule has 3 N–H and O–H groups in total. The van der Waals surface area contributed by atoms with Gasteiger partial charge in [-0.3, -0.25) is 4.79 Å². The second-order valence-electron chi connectivity index (χ2n) is 5.80. The quantitative estimate of drug-likeness (QED) is 0.850. The van der Waals surface area contributed by atoms with Crippen molar-refractivity contribution in [3.05, 3.63) is 53.5 Å².